The molecule has 104 valence electrons. The van der Waals surface area contributed by atoms with Crippen LogP contribution in [0.2, 0.25) is 0 Å². The van der Waals surface area contributed by atoms with Gasteiger partial charge < -0.3 is 10.1 Å². The summed E-state index contributed by atoms with van der Waals surface area (Å²) in [5, 5.41) is 3.61. The highest BCUT2D eigenvalue weighted by molar-refractivity contribution is 6.18. The fraction of sp³-hybridized carbons (Fsp3) is 0.714. The van der Waals surface area contributed by atoms with Crippen LogP contribution in [-0.2, 0) is 17.6 Å². The Morgan fingerprint density at radius 2 is 2.00 bits per heavy atom. The summed E-state index contributed by atoms with van der Waals surface area (Å²) in [7, 11) is 0. The molecule has 0 bridgehead atoms. The van der Waals surface area contributed by atoms with E-state index in [9.17, 15) is 0 Å². The molecule has 4 nitrogen and oxygen atoms in total. The Balaban J connectivity index is 1.85. The number of alkyl halides is 1. The van der Waals surface area contributed by atoms with Gasteiger partial charge in [0, 0.05) is 30.4 Å². The van der Waals surface area contributed by atoms with Gasteiger partial charge >= 0.3 is 0 Å². The van der Waals surface area contributed by atoms with Crippen molar-refractivity contribution in [1.82, 2.24) is 9.97 Å². The van der Waals surface area contributed by atoms with E-state index in [1.165, 1.54) is 24.1 Å². The molecule has 2 aliphatic rings. The Labute approximate surface area is 118 Å². The number of fused-ring (bicyclic) bond motifs is 1. The number of nitrogens with zero attached hydrogens (tertiary/aromatic N) is 2. The van der Waals surface area contributed by atoms with Gasteiger partial charge in [-0.2, -0.15) is 0 Å². The fourth-order valence-electron chi connectivity index (χ4n) is 2.93. The zero-order valence-electron chi connectivity index (χ0n) is 11.1. The molecule has 0 radical (unpaired) electrons. The molecule has 1 aromatic heterocycles. The monoisotopic (exact) mass is 281 g/mol. The van der Waals surface area contributed by atoms with Crippen LogP contribution in [0.15, 0.2) is 6.33 Å². The molecule has 19 heavy (non-hydrogen) atoms. The van der Waals surface area contributed by atoms with Crippen molar-refractivity contribution in [1.29, 1.82) is 0 Å². The van der Waals surface area contributed by atoms with Crippen LogP contribution < -0.4 is 5.32 Å². The van der Waals surface area contributed by atoms with E-state index in [1.807, 2.05) is 0 Å². The number of halogens is 1. The topological polar surface area (TPSA) is 47.0 Å². The predicted molar refractivity (Wildman–Crippen MR) is 75.8 cm³/mol. The van der Waals surface area contributed by atoms with Gasteiger partial charge in [-0.25, -0.2) is 9.97 Å². The molecule has 0 amide bonds. The van der Waals surface area contributed by atoms with E-state index in [0.717, 1.165) is 44.7 Å². The molecule has 1 aliphatic carbocycles. The zero-order chi connectivity index (χ0) is 13.1. The highest BCUT2D eigenvalue weighted by Crippen LogP contribution is 2.31. The van der Waals surface area contributed by atoms with Gasteiger partial charge in [-0.15, -0.1) is 11.6 Å². The van der Waals surface area contributed by atoms with Crippen molar-refractivity contribution in [3.8, 4) is 0 Å². The van der Waals surface area contributed by atoms with E-state index in [2.05, 4.69) is 15.3 Å². The number of nitrogens with one attached hydrogen (secondary N) is 1. The summed E-state index contributed by atoms with van der Waals surface area (Å²) in [5.74, 6) is 1.59. The summed E-state index contributed by atoms with van der Waals surface area (Å²) >= 11 is 6.21. The number of ether oxygens (including phenoxy) is 1. The lowest BCUT2D eigenvalue weighted by Crippen LogP contribution is -2.46. The van der Waals surface area contributed by atoms with Crippen LogP contribution in [0, 0.1) is 0 Å². The third kappa shape index (κ3) is 2.70. The minimum atomic E-state index is -0.0701. The number of hydrogen-bond acceptors (Lipinski definition) is 4. The first-order valence-electron chi connectivity index (χ1n) is 7.08. The Morgan fingerprint density at radius 3 is 2.79 bits per heavy atom. The molecule has 0 spiro atoms. The third-order valence-corrected chi connectivity index (χ3v) is 4.73. The molecule has 1 fully saturated rings. The van der Waals surface area contributed by atoms with Crippen LogP contribution in [0.25, 0.3) is 0 Å². The Hall–Kier alpha value is -0.870. The number of aryl methyl sites for hydroxylation is 1. The van der Waals surface area contributed by atoms with Crippen molar-refractivity contribution in [2.24, 2.45) is 0 Å². The van der Waals surface area contributed by atoms with Gasteiger partial charge in [-0.05, 0) is 38.5 Å². The van der Waals surface area contributed by atoms with Gasteiger partial charge in [0.1, 0.15) is 12.1 Å². The lowest BCUT2D eigenvalue weighted by Gasteiger charge is -2.37. The molecule has 2 heterocycles. The van der Waals surface area contributed by atoms with E-state index < -0.39 is 0 Å². The lowest BCUT2D eigenvalue weighted by atomic mass is 9.90. The van der Waals surface area contributed by atoms with E-state index in [-0.39, 0.29) is 5.54 Å². The Kier molecular flexibility index (Phi) is 3.89. The van der Waals surface area contributed by atoms with Crippen LogP contribution in [0.3, 0.4) is 0 Å². The molecule has 1 N–H and O–H groups in total. The highest BCUT2D eigenvalue weighted by Gasteiger charge is 2.33. The van der Waals surface area contributed by atoms with Gasteiger partial charge in [-0.3, -0.25) is 0 Å². The van der Waals surface area contributed by atoms with Crippen molar-refractivity contribution < 1.29 is 4.74 Å². The average molecular weight is 282 g/mol. The van der Waals surface area contributed by atoms with Crippen molar-refractivity contribution in [2.45, 2.75) is 44.1 Å². The SMILES string of the molecule is ClCC1(Nc2ncnc3c2CCCC3)CCOCC1. The molecular weight excluding hydrogens is 262 g/mol. The van der Waals surface area contributed by atoms with Gasteiger partial charge in [-0.1, -0.05) is 0 Å². The van der Waals surface area contributed by atoms with Crippen LogP contribution in [0.1, 0.15) is 36.9 Å². The first-order chi connectivity index (χ1) is 9.33. The smallest absolute Gasteiger partial charge is 0.133 e. The molecule has 0 aromatic carbocycles. The second-order valence-electron chi connectivity index (χ2n) is 5.51. The summed E-state index contributed by atoms with van der Waals surface area (Å²) in [4.78, 5) is 8.87. The van der Waals surface area contributed by atoms with Crippen LogP contribution in [0.5, 0.6) is 0 Å². The van der Waals surface area contributed by atoms with Gasteiger partial charge in [0.25, 0.3) is 0 Å². The second-order valence-corrected chi connectivity index (χ2v) is 5.77. The summed E-state index contributed by atoms with van der Waals surface area (Å²) in [5.41, 5.74) is 2.43. The summed E-state index contributed by atoms with van der Waals surface area (Å²) in [6, 6.07) is 0. The van der Waals surface area contributed by atoms with Crippen LogP contribution in [0.4, 0.5) is 5.82 Å². The molecule has 0 saturated carbocycles. The first-order valence-corrected chi connectivity index (χ1v) is 7.61. The molecule has 1 saturated heterocycles. The molecule has 3 rings (SSSR count). The van der Waals surface area contributed by atoms with Gasteiger partial charge in [0.05, 0.1) is 5.54 Å². The third-order valence-electron chi connectivity index (χ3n) is 4.21. The molecule has 5 heteroatoms. The molecule has 0 unspecified atom stereocenters. The number of aromatic nitrogens is 2. The maximum atomic E-state index is 6.21. The summed E-state index contributed by atoms with van der Waals surface area (Å²) in [6.07, 6.45) is 8.17. The van der Waals surface area contributed by atoms with E-state index >= 15 is 0 Å². The van der Waals surface area contributed by atoms with Crippen LogP contribution >= 0.6 is 11.6 Å². The Morgan fingerprint density at radius 1 is 1.21 bits per heavy atom. The molecule has 1 aliphatic heterocycles. The highest BCUT2D eigenvalue weighted by atomic mass is 35.5. The number of rotatable bonds is 3. The zero-order valence-corrected chi connectivity index (χ0v) is 11.9. The maximum Gasteiger partial charge on any atom is 0.133 e. The van der Waals surface area contributed by atoms with Crippen molar-refractivity contribution >= 4 is 17.4 Å². The minimum Gasteiger partial charge on any atom is -0.381 e. The Bertz CT molecular complexity index is 446. The molecule has 1 aromatic rings. The van der Waals surface area contributed by atoms with Gasteiger partial charge in [0.15, 0.2) is 0 Å². The second kappa shape index (κ2) is 5.63. The van der Waals surface area contributed by atoms with Gasteiger partial charge in [0.2, 0.25) is 0 Å². The largest absolute Gasteiger partial charge is 0.381 e. The number of hydrogen-bond donors (Lipinski definition) is 1. The van der Waals surface area contributed by atoms with Crippen molar-refractivity contribution in [2.75, 3.05) is 24.4 Å². The maximum absolute atomic E-state index is 6.21. The fourth-order valence-corrected chi connectivity index (χ4v) is 3.27. The predicted octanol–water partition coefficient (Wildman–Crippen LogP) is 2.56. The lowest BCUT2D eigenvalue weighted by molar-refractivity contribution is 0.0666. The standard InChI is InChI=1S/C14H20ClN3O/c15-9-14(5-7-19-8-6-14)18-13-11-3-1-2-4-12(11)16-10-17-13/h10H,1-9H2,(H,16,17,18). The first kappa shape index (κ1) is 13.1. The van der Waals surface area contributed by atoms with E-state index in [1.54, 1.807) is 6.33 Å². The molecular formula is C14H20ClN3O. The molecule has 0 atom stereocenters. The van der Waals surface area contributed by atoms with Crippen LogP contribution in [-0.4, -0.2) is 34.6 Å². The van der Waals surface area contributed by atoms with Crippen molar-refractivity contribution in [3.05, 3.63) is 17.6 Å². The normalized spacial score (nSPS) is 21.7. The average Bonchev–Trinajstić information content (AvgIpc) is 2.49. The van der Waals surface area contributed by atoms with Crippen molar-refractivity contribution in [3.63, 3.8) is 0 Å². The minimum absolute atomic E-state index is 0.0701. The summed E-state index contributed by atoms with van der Waals surface area (Å²) in [6.45, 7) is 1.54. The van der Waals surface area contributed by atoms with E-state index in [0.29, 0.717) is 5.88 Å². The summed E-state index contributed by atoms with van der Waals surface area (Å²) < 4.78 is 5.45. The van der Waals surface area contributed by atoms with E-state index in [4.69, 9.17) is 16.3 Å². The number of anilines is 1. The quantitative estimate of drug-likeness (QED) is 0.865.